The summed E-state index contributed by atoms with van der Waals surface area (Å²) in [5.74, 6) is 0.226. The molecule has 0 aliphatic carbocycles. The Bertz CT molecular complexity index is 307. The van der Waals surface area contributed by atoms with Crippen LogP contribution in [0.5, 0.6) is 0 Å². The molecule has 0 radical (unpaired) electrons. The number of nitrogens with zero attached hydrogens (tertiary/aromatic N) is 3. The van der Waals surface area contributed by atoms with Crippen LogP contribution in [0.15, 0.2) is 6.20 Å². The highest BCUT2D eigenvalue weighted by atomic mass is 16.5. The van der Waals surface area contributed by atoms with Crippen LogP contribution >= 0.6 is 0 Å². The molecule has 1 rings (SSSR count). The maximum absolute atomic E-state index is 10.9. The Morgan fingerprint density at radius 2 is 2.36 bits per heavy atom. The maximum atomic E-state index is 10.9. The minimum atomic E-state index is -0.314. The van der Waals surface area contributed by atoms with Crippen LogP contribution in [0.2, 0.25) is 0 Å². The van der Waals surface area contributed by atoms with E-state index < -0.39 is 0 Å². The molecular formula is C9H15N3O2. The largest absolute Gasteiger partial charge is 0.468 e. The molecule has 5 nitrogen and oxygen atoms in total. The van der Waals surface area contributed by atoms with Crippen LogP contribution in [-0.2, 0) is 22.5 Å². The highest BCUT2D eigenvalue weighted by Gasteiger charge is 2.06. The normalized spacial score (nSPS) is 10.6. The first-order valence-corrected chi connectivity index (χ1v) is 4.57. The Hall–Kier alpha value is -1.39. The van der Waals surface area contributed by atoms with E-state index in [1.165, 1.54) is 11.8 Å². The van der Waals surface area contributed by atoms with Crippen LogP contribution in [-0.4, -0.2) is 28.1 Å². The summed E-state index contributed by atoms with van der Waals surface area (Å²) >= 11 is 0. The smallest absolute Gasteiger partial charge is 0.327 e. The second-order valence-corrected chi connectivity index (χ2v) is 3.58. The van der Waals surface area contributed by atoms with E-state index in [0.29, 0.717) is 5.92 Å². The molecule has 0 unspecified atom stereocenters. The predicted octanol–water partition coefficient (Wildman–Crippen LogP) is 0.650. The highest BCUT2D eigenvalue weighted by molar-refractivity contribution is 5.68. The van der Waals surface area contributed by atoms with Gasteiger partial charge in [0.15, 0.2) is 0 Å². The molecule has 78 valence electrons. The summed E-state index contributed by atoms with van der Waals surface area (Å²) < 4.78 is 6.01. The number of carbonyl (C=O) groups excluding carboxylic acids is 1. The molecule has 5 heteroatoms. The highest BCUT2D eigenvalue weighted by Crippen LogP contribution is 2.03. The summed E-state index contributed by atoms with van der Waals surface area (Å²) in [6.45, 7) is 4.35. The number of hydrogen-bond acceptors (Lipinski definition) is 4. The minimum Gasteiger partial charge on any atom is -0.468 e. The van der Waals surface area contributed by atoms with Crippen molar-refractivity contribution in [2.45, 2.75) is 26.8 Å². The molecule has 0 aromatic carbocycles. The molecule has 0 saturated heterocycles. The summed E-state index contributed by atoms with van der Waals surface area (Å²) in [4.78, 5) is 10.9. The molecule has 14 heavy (non-hydrogen) atoms. The lowest BCUT2D eigenvalue weighted by atomic mass is 10.1. The van der Waals surface area contributed by atoms with Crippen LogP contribution in [0.1, 0.15) is 19.5 Å². The fraction of sp³-hybridized carbons (Fsp3) is 0.667. The second-order valence-electron chi connectivity index (χ2n) is 3.58. The molecule has 0 amide bonds. The van der Waals surface area contributed by atoms with E-state index in [2.05, 4.69) is 28.9 Å². The van der Waals surface area contributed by atoms with Crippen molar-refractivity contribution in [2.24, 2.45) is 5.92 Å². The molecule has 0 bridgehead atoms. The van der Waals surface area contributed by atoms with E-state index >= 15 is 0 Å². The van der Waals surface area contributed by atoms with Crippen molar-refractivity contribution in [3.8, 4) is 0 Å². The molecule has 0 aliphatic rings. The molecule has 1 aromatic heterocycles. The van der Waals surface area contributed by atoms with Crippen molar-refractivity contribution in [1.29, 1.82) is 0 Å². The van der Waals surface area contributed by atoms with E-state index in [1.807, 2.05) is 0 Å². The van der Waals surface area contributed by atoms with E-state index in [0.717, 1.165) is 12.1 Å². The van der Waals surface area contributed by atoms with Crippen LogP contribution in [0.25, 0.3) is 0 Å². The van der Waals surface area contributed by atoms with Gasteiger partial charge in [-0.25, -0.2) is 4.68 Å². The molecular weight excluding hydrogens is 182 g/mol. The van der Waals surface area contributed by atoms with Crippen molar-refractivity contribution in [1.82, 2.24) is 15.0 Å². The number of aromatic nitrogens is 3. The van der Waals surface area contributed by atoms with Gasteiger partial charge in [-0.1, -0.05) is 19.1 Å². The number of methoxy groups -OCH3 is 1. The molecule has 0 saturated carbocycles. The number of hydrogen-bond donors (Lipinski definition) is 0. The number of carbonyl (C=O) groups is 1. The Morgan fingerprint density at radius 1 is 1.64 bits per heavy atom. The minimum absolute atomic E-state index is 0.127. The summed E-state index contributed by atoms with van der Waals surface area (Å²) in [6.07, 6.45) is 2.65. The van der Waals surface area contributed by atoms with Crippen molar-refractivity contribution in [3.05, 3.63) is 11.9 Å². The summed E-state index contributed by atoms with van der Waals surface area (Å²) in [5, 5.41) is 7.77. The quantitative estimate of drug-likeness (QED) is 0.665. The Balaban J connectivity index is 2.55. The van der Waals surface area contributed by atoms with Crippen molar-refractivity contribution < 1.29 is 9.53 Å². The van der Waals surface area contributed by atoms with Crippen LogP contribution < -0.4 is 0 Å². The summed E-state index contributed by atoms with van der Waals surface area (Å²) in [7, 11) is 1.36. The zero-order chi connectivity index (χ0) is 10.6. The van der Waals surface area contributed by atoms with Crippen LogP contribution in [0.4, 0.5) is 0 Å². The summed E-state index contributed by atoms with van der Waals surface area (Å²) in [6, 6.07) is 0. The number of rotatable bonds is 4. The monoisotopic (exact) mass is 197 g/mol. The van der Waals surface area contributed by atoms with Crippen LogP contribution in [0.3, 0.4) is 0 Å². The van der Waals surface area contributed by atoms with Crippen LogP contribution in [0, 0.1) is 5.92 Å². The van der Waals surface area contributed by atoms with Gasteiger partial charge in [0.25, 0.3) is 0 Å². The fourth-order valence-corrected chi connectivity index (χ4v) is 1.12. The van der Waals surface area contributed by atoms with Crippen molar-refractivity contribution >= 4 is 5.97 Å². The van der Waals surface area contributed by atoms with Gasteiger partial charge in [0.2, 0.25) is 0 Å². The Labute approximate surface area is 83.1 Å². The van der Waals surface area contributed by atoms with Gasteiger partial charge in [-0.05, 0) is 12.3 Å². The van der Waals surface area contributed by atoms with Gasteiger partial charge in [-0.15, -0.1) is 5.10 Å². The van der Waals surface area contributed by atoms with E-state index in [-0.39, 0.29) is 12.5 Å². The van der Waals surface area contributed by atoms with Gasteiger partial charge in [0.05, 0.1) is 12.8 Å². The molecule has 0 fully saturated rings. The Morgan fingerprint density at radius 3 is 2.93 bits per heavy atom. The van der Waals surface area contributed by atoms with Crippen molar-refractivity contribution in [2.75, 3.05) is 7.11 Å². The Kier molecular flexibility index (Phi) is 3.62. The topological polar surface area (TPSA) is 57.0 Å². The van der Waals surface area contributed by atoms with Gasteiger partial charge in [-0.2, -0.15) is 0 Å². The first-order chi connectivity index (χ1) is 6.61. The number of esters is 1. The first-order valence-electron chi connectivity index (χ1n) is 4.57. The third kappa shape index (κ3) is 3.16. The summed E-state index contributed by atoms with van der Waals surface area (Å²) in [5.41, 5.74) is 0.906. The first kappa shape index (κ1) is 10.7. The maximum Gasteiger partial charge on any atom is 0.327 e. The third-order valence-corrected chi connectivity index (χ3v) is 1.72. The van der Waals surface area contributed by atoms with Gasteiger partial charge in [0.1, 0.15) is 6.54 Å². The van der Waals surface area contributed by atoms with E-state index in [4.69, 9.17) is 0 Å². The van der Waals surface area contributed by atoms with Gasteiger partial charge in [0, 0.05) is 6.20 Å². The van der Waals surface area contributed by atoms with E-state index in [1.54, 1.807) is 6.20 Å². The SMILES string of the molecule is COC(=O)Cn1cc(CC(C)C)nn1. The standard InChI is InChI=1S/C9H15N3O2/c1-7(2)4-8-5-12(11-10-8)6-9(13)14-3/h5,7H,4,6H2,1-3H3. The lowest BCUT2D eigenvalue weighted by Crippen LogP contribution is -2.11. The number of ether oxygens (including phenoxy) is 1. The fourth-order valence-electron chi connectivity index (χ4n) is 1.12. The zero-order valence-electron chi connectivity index (χ0n) is 8.73. The lowest BCUT2D eigenvalue weighted by molar-refractivity contribution is -0.141. The van der Waals surface area contributed by atoms with Gasteiger partial charge in [-0.3, -0.25) is 4.79 Å². The van der Waals surface area contributed by atoms with Crippen molar-refractivity contribution in [3.63, 3.8) is 0 Å². The molecule has 0 aliphatic heterocycles. The lowest BCUT2D eigenvalue weighted by Gasteiger charge is -1.98. The molecule has 0 spiro atoms. The second kappa shape index (κ2) is 4.74. The molecule has 1 aromatic rings. The third-order valence-electron chi connectivity index (χ3n) is 1.72. The molecule has 1 heterocycles. The zero-order valence-corrected chi connectivity index (χ0v) is 8.73. The molecule has 0 N–H and O–H groups in total. The molecule has 0 atom stereocenters. The van der Waals surface area contributed by atoms with Gasteiger partial charge < -0.3 is 4.74 Å². The predicted molar refractivity (Wildman–Crippen MR) is 50.6 cm³/mol. The van der Waals surface area contributed by atoms with E-state index in [9.17, 15) is 4.79 Å². The average Bonchev–Trinajstić information content (AvgIpc) is 2.51. The average molecular weight is 197 g/mol. The van der Waals surface area contributed by atoms with Gasteiger partial charge >= 0.3 is 5.97 Å².